The van der Waals surface area contributed by atoms with Crippen LogP contribution >= 0.6 is 0 Å². The minimum atomic E-state index is -3.53. The lowest BCUT2D eigenvalue weighted by Gasteiger charge is -2.14. The second-order valence-corrected chi connectivity index (χ2v) is 7.10. The highest BCUT2D eigenvalue weighted by atomic mass is 32.2. The van der Waals surface area contributed by atoms with Gasteiger partial charge in [-0.05, 0) is 44.4 Å². The van der Waals surface area contributed by atoms with E-state index in [0.29, 0.717) is 11.8 Å². The van der Waals surface area contributed by atoms with E-state index in [1.165, 1.54) is 20.0 Å². The predicted molar refractivity (Wildman–Crippen MR) is 78.3 cm³/mol. The second-order valence-electron chi connectivity index (χ2n) is 5.42. The van der Waals surface area contributed by atoms with Gasteiger partial charge in [-0.25, -0.2) is 13.1 Å². The van der Waals surface area contributed by atoms with Gasteiger partial charge in [0.25, 0.3) is 0 Å². The molecular formula is C14H22N2O3S. The summed E-state index contributed by atoms with van der Waals surface area (Å²) < 4.78 is 32.2. The first-order chi connectivity index (χ1) is 9.42. The van der Waals surface area contributed by atoms with E-state index in [-0.39, 0.29) is 10.9 Å². The molecule has 0 atom stereocenters. The van der Waals surface area contributed by atoms with E-state index in [2.05, 4.69) is 10.0 Å². The van der Waals surface area contributed by atoms with Crippen molar-refractivity contribution in [1.29, 1.82) is 0 Å². The quantitative estimate of drug-likeness (QED) is 0.803. The summed E-state index contributed by atoms with van der Waals surface area (Å²) >= 11 is 0. The van der Waals surface area contributed by atoms with Gasteiger partial charge in [-0.1, -0.05) is 6.07 Å². The summed E-state index contributed by atoms with van der Waals surface area (Å²) in [6.45, 7) is 4.31. The van der Waals surface area contributed by atoms with Crippen molar-refractivity contribution in [2.24, 2.45) is 0 Å². The maximum atomic E-state index is 12.2. The highest BCUT2D eigenvalue weighted by Gasteiger charge is 2.22. The van der Waals surface area contributed by atoms with Crippen LogP contribution in [0.2, 0.25) is 0 Å². The smallest absolute Gasteiger partial charge is 0.244 e. The summed E-state index contributed by atoms with van der Waals surface area (Å²) in [6.07, 6.45) is 2.45. The fourth-order valence-corrected chi connectivity index (χ4v) is 3.37. The lowest BCUT2D eigenvalue weighted by molar-refractivity contribution is 0.401. The Hall–Kier alpha value is -1.11. The van der Waals surface area contributed by atoms with Crippen LogP contribution in [0.3, 0.4) is 0 Å². The van der Waals surface area contributed by atoms with Crippen LogP contribution in [-0.4, -0.2) is 27.6 Å². The van der Waals surface area contributed by atoms with Crippen molar-refractivity contribution in [1.82, 2.24) is 10.0 Å². The molecule has 0 unspecified atom stereocenters. The Morgan fingerprint density at radius 3 is 2.60 bits per heavy atom. The number of nitrogens with one attached hydrogen (secondary N) is 2. The lowest BCUT2D eigenvalue weighted by atomic mass is 10.2. The summed E-state index contributed by atoms with van der Waals surface area (Å²) in [5, 5.41) is 3.39. The van der Waals surface area contributed by atoms with Crippen LogP contribution in [-0.2, 0) is 16.6 Å². The Kier molecular flexibility index (Phi) is 4.67. The van der Waals surface area contributed by atoms with Gasteiger partial charge in [0.2, 0.25) is 10.0 Å². The molecule has 1 aromatic rings. The molecule has 0 spiro atoms. The Morgan fingerprint density at radius 2 is 2.05 bits per heavy atom. The lowest BCUT2D eigenvalue weighted by Crippen LogP contribution is -2.30. The van der Waals surface area contributed by atoms with Crippen LogP contribution in [0.1, 0.15) is 32.3 Å². The van der Waals surface area contributed by atoms with Crippen LogP contribution in [0.4, 0.5) is 0 Å². The number of hydrogen-bond acceptors (Lipinski definition) is 4. The number of hydrogen-bond donors (Lipinski definition) is 2. The molecule has 1 aromatic carbocycles. The molecule has 2 rings (SSSR count). The summed E-state index contributed by atoms with van der Waals surface area (Å²) in [4.78, 5) is 0.184. The normalized spacial score (nSPS) is 15.6. The summed E-state index contributed by atoms with van der Waals surface area (Å²) in [5.41, 5.74) is 1.03. The van der Waals surface area contributed by atoms with Crippen molar-refractivity contribution in [3.8, 4) is 5.75 Å². The summed E-state index contributed by atoms with van der Waals surface area (Å²) in [5.74, 6) is 0.383. The fraction of sp³-hybridized carbons (Fsp3) is 0.571. The van der Waals surface area contributed by atoms with Gasteiger partial charge in [-0.3, -0.25) is 0 Å². The molecule has 1 fully saturated rings. The van der Waals surface area contributed by atoms with Crippen LogP contribution < -0.4 is 14.8 Å². The van der Waals surface area contributed by atoms with Crippen LogP contribution in [0.15, 0.2) is 23.1 Å². The monoisotopic (exact) mass is 298 g/mol. The van der Waals surface area contributed by atoms with Gasteiger partial charge >= 0.3 is 0 Å². The Labute approximate surface area is 120 Å². The standard InChI is InChI=1S/C14H22N2O3S/c1-10(2)16-20(17,18)14-7-4-11(8-13(14)19-3)9-15-12-5-6-12/h4,7-8,10,12,15-16H,5-6,9H2,1-3H3. The topological polar surface area (TPSA) is 67.4 Å². The van der Waals surface area contributed by atoms with Gasteiger partial charge in [0.05, 0.1) is 7.11 Å². The van der Waals surface area contributed by atoms with E-state index >= 15 is 0 Å². The average molecular weight is 298 g/mol. The number of methoxy groups -OCH3 is 1. The molecule has 0 amide bonds. The van der Waals surface area contributed by atoms with Crippen LogP contribution in [0, 0.1) is 0 Å². The molecule has 1 aliphatic rings. The molecule has 20 heavy (non-hydrogen) atoms. The minimum absolute atomic E-state index is 0.152. The molecule has 5 nitrogen and oxygen atoms in total. The molecule has 0 bridgehead atoms. The first kappa shape index (κ1) is 15.3. The van der Waals surface area contributed by atoms with Crippen molar-refractivity contribution < 1.29 is 13.2 Å². The van der Waals surface area contributed by atoms with Gasteiger partial charge in [-0.15, -0.1) is 0 Å². The maximum absolute atomic E-state index is 12.2. The average Bonchev–Trinajstić information content (AvgIpc) is 3.18. The molecule has 1 aliphatic carbocycles. The van der Waals surface area contributed by atoms with Gasteiger partial charge < -0.3 is 10.1 Å². The van der Waals surface area contributed by atoms with E-state index in [1.54, 1.807) is 26.0 Å². The SMILES string of the molecule is COc1cc(CNC2CC2)ccc1S(=O)(=O)NC(C)C. The zero-order valence-corrected chi connectivity index (χ0v) is 13.0. The van der Waals surface area contributed by atoms with E-state index in [1.807, 2.05) is 6.07 Å². The highest BCUT2D eigenvalue weighted by molar-refractivity contribution is 7.89. The van der Waals surface area contributed by atoms with Gasteiger partial charge in [-0.2, -0.15) is 0 Å². The molecule has 0 heterocycles. The molecule has 0 saturated heterocycles. The van der Waals surface area contributed by atoms with E-state index < -0.39 is 10.0 Å². The third-order valence-electron chi connectivity index (χ3n) is 3.08. The zero-order chi connectivity index (χ0) is 14.8. The van der Waals surface area contributed by atoms with Crippen molar-refractivity contribution in [3.05, 3.63) is 23.8 Å². The predicted octanol–water partition coefficient (Wildman–Crippen LogP) is 1.63. The Balaban J connectivity index is 2.20. The number of benzene rings is 1. The minimum Gasteiger partial charge on any atom is -0.495 e. The molecule has 6 heteroatoms. The fourth-order valence-electron chi connectivity index (χ4n) is 1.97. The van der Waals surface area contributed by atoms with E-state index in [9.17, 15) is 8.42 Å². The largest absolute Gasteiger partial charge is 0.495 e. The van der Waals surface area contributed by atoms with Crippen LogP contribution in [0.5, 0.6) is 5.75 Å². The van der Waals surface area contributed by atoms with Gasteiger partial charge in [0, 0.05) is 18.6 Å². The molecule has 2 N–H and O–H groups in total. The van der Waals surface area contributed by atoms with E-state index in [0.717, 1.165) is 12.1 Å². The highest BCUT2D eigenvalue weighted by Crippen LogP contribution is 2.26. The zero-order valence-electron chi connectivity index (χ0n) is 12.1. The molecule has 0 radical (unpaired) electrons. The van der Waals surface area contributed by atoms with Crippen molar-refractivity contribution in [3.63, 3.8) is 0 Å². The third kappa shape index (κ3) is 3.94. The van der Waals surface area contributed by atoms with Gasteiger partial charge in [0.1, 0.15) is 10.6 Å². The molecule has 1 saturated carbocycles. The Morgan fingerprint density at radius 1 is 1.35 bits per heavy atom. The van der Waals surface area contributed by atoms with Crippen molar-refractivity contribution in [2.45, 2.75) is 50.2 Å². The molecule has 0 aromatic heterocycles. The molecular weight excluding hydrogens is 276 g/mol. The number of sulfonamides is 1. The van der Waals surface area contributed by atoms with Gasteiger partial charge in [0.15, 0.2) is 0 Å². The van der Waals surface area contributed by atoms with Crippen LogP contribution in [0.25, 0.3) is 0 Å². The Bertz CT molecular complexity index is 566. The van der Waals surface area contributed by atoms with Crippen molar-refractivity contribution in [2.75, 3.05) is 7.11 Å². The maximum Gasteiger partial charge on any atom is 0.244 e. The number of ether oxygens (including phenoxy) is 1. The molecule has 112 valence electrons. The first-order valence-electron chi connectivity index (χ1n) is 6.85. The van der Waals surface area contributed by atoms with Crippen molar-refractivity contribution >= 4 is 10.0 Å². The first-order valence-corrected chi connectivity index (χ1v) is 8.33. The third-order valence-corrected chi connectivity index (χ3v) is 4.78. The second kappa shape index (κ2) is 6.11. The molecule has 0 aliphatic heterocycles. The summed E-state index contributed by atoms with van der Waals surface area (Å²) in [6, 6.07) is 5.68. The number of rotatable bonds is 7. The summed E-state index contributed by atoms with van der Waals surface area (Å²) in [7, 11) is -2.05. The van der Waals surface area contributed by atoms with E-state index in [4.69, 9.17) is 4.74 Å².